The van der Waals surface area contributed by atoms with Gasteiger partial charge < -0.3 is 29.2 Å². The molecule has 1 fully saturated rings. The summed E-state index contributed by atoms with van der Waals surface area (Å²) in [4.78, 5) is 55.1. The van der Waals surface area contributed by atoms with Gasteiger partial charge in [0.05, 0.1) is 19.7 Å². The summed E-state index contributed by atoms with van der Waals surface area (Å²) in [6.07, 6.45) is -1.76. The fraction of sp³-hybridized carbons (Fsp3) is 0.459. The Morgan fingerprint density at radius 3 is 2.21 bits per heavy atom. The molecule has 0 aliphatic carbocycles. The van der Waals surface area contributed by atoms with Crippen LogP contribution in [0.4, 0.5) is 10.5 Å². The number of ether oxygens (including phenoxy) is 4. The predicted molar refractivity (Wildman–Crippen MR) is 182 cm³/mol. The summed E-state index contributed by atoms with van der Waals surface area (Å²) in [6, 6.07) is 20.1. The molecular weight excluding hydrogens is 614 g/mol. The van der Waals surface area contributed by atoms with Crippen molar-refractivity contribution in [1.82, 2.24) is 10.2 Å². The lowest BCUT2D eigenvalue weighted by Crippen LogP contribution is -2.47. The van der Waals surface area contributed by atoms with E-state index in [-0.39, 0.29) is 18.3 Å². The second kappa shape index (κ2) is 16.0. The van der Waals surface area contributed by atoms with Gasteiger partial charge in [-0.05, 0) is 68.7 Å². The normalized spacial score (nSPS) is 16.0. The standard InChI is InChI=1S/C37H47N3O8/c1-8-45-32(41)22-27-16-18-29(19-17-27)39-20-21-40(23-39)33(24(2)30-15-11-13-28-12-9-10-14-31(28)30)35(43)47-26(4)46-34(42)25(3)38-36(44)48-37(5,6)7/h9-19,24-26,33H,8,20-23H2,1-7H3,(H,38,44)/t24-,25+,26-,33-/m1/s1. The number of anilines is 1. The molecule has 48 heavy (non-hydrogen) atoms. The van der Waals surface area contributed by atoms with Crippen molar-refractivity contribution in [2.45, 2.75) is 84.8 Å². The Bertz CT molecular complexity index is 1580. The molecule has 1 aliphatic rings. The molecule has 0 saturated carbocycles. The Morgan fingerprint density at radius 1 is 0.854 bits per heavy atom. The van der Waals surface area contributed by atoms with Gasteiger partial charge in [0.2, 0.25) is 6.29 Å². The molecule has 1 heterocycles. The van der Waals surface area contributed by atoms with Crippen LogP contribution in [0.1, 0.15) is 65.5 Å². The van der Waals surface area contributed by atoms with Crippen LogP contribution in [0, 0.1) is 0 Å². The second-order valence-electron chi connectivity index (χ2n) is 13.0. The number of esters is 3. The van der Waals surface area contributed by atoms with E-state index < -0.39 is 42.0 Å². The van der Waals surface area contributed by atoms with E-state index in [1.165, 1.54) is 13.8 Å². The van der Waals surface area contributed by atoms with Crippen molar-refractivity contribution in [3.05, 3.63) is 77.9 Å². The number of benzene rings is 3. The Labute approximate surface area is 282 Å². The Hall–Kier alpha value is -4.64. The Balaban J connectivity index is 1.50. The molecule has 1 saturated heterocycles. The number of rotatable bonds is 12. The van der Waals surface area contributed by atoms with E-state index in [1.54, 1.807) is 27.7 Å². The van der Waals surface area contributed by atoms with E-state index in [0.717, 1.165) is 27.6 Å². The predicted octanol–water partition coefficient (Wildman–Crippen LogP) is 5.54. The topological polar surface area (TPSA) is 124 Å². The monoisotopic (exact) mass is 661 g/mol. The summed E-state index contributed by atoms with van der Waals surface area (Å²) in [5, 5.41) is 4.55. The molecule has 0 unspecified atom stereocenters. The first-order chi connectivity index (χ1) is 22.8. The third-order valence-corrected chi connectivity index (χ3v) is 8.04. The average Bonchev–Trinajstić information content (AvgIpc) is 3.49. The third kappa shape index (κ3) is 9.70. The molecule has 11 heteroatoms. The minimum absolute atomic E-state index is 0.204. The molecule has 258 valence electrons. The number of nitrogens with zero attached hydrogens (tertiary/aromatic N) is 2. The van der Waals surface area contributed by atoms with E-state index in [1.807, 2.05) is 73.7 Å². The molecule has 3 aromatic carbocycles. The van der Waals surface area contributed by atoms with Gasteiger partial charge in [-0.2, -0.15) is 0 Å². The van der Waals surface area contributed by atoms with Crippen molar-refractivity contribution in [2.24, 2.45) is 0 Å². The van der Waals surface area contributed by atoms with Crippen LogP contribution in [0.2, 0.25) is 0 Å². The van der Waals surface area contributed by atoms with Crippen LogP contribution in [0.25, 0.3) is 10.8 Å². The number of hydrogen-bond donors (Lipinski definition) is 1. The second-order valence-corrected chi connectivity index (χ2v) is 13.0. The van der Waals surface area contributed by atoms with Gasteiger partial charge in [-0.25, -0.2) is 9.59 Å². The number of alkyl carbamates (subject to hydrolysis) is 1. The number of amides is 1. The van der Waals surface area contributed by atoms with Crippen molar-refractivity contribution < 1.29 is 38.1 Å². The van der Waals surface area contributed by atoms with E-state index in [4.69, 9.17) is 18.9 Å². The molecule has 11 nitrogen and oxygen atoms in total. The van der Waals surface area contributed by atoms with E-state index in [9.17, 15) is 19.2 Å². The highest BCUT2D eigenvalue weighted by atomic mass is 16.7. The highest BCUT2D eigenvalue weighted by Gasteiger charge is 2.39. The average molecular weight is 662 g/mol. The highest BCUT2D eigenvalue weighted by molar-refractivity contribution is 5.88. The first-order valence-electron chi connectivity index (χ1n) is 16.4. The molecule has 4 rings (SSSR count). The van der Waals surface area contributed by atoms with Crippen LogP contribution >= 0.6 is 0 Å². The van der Waals surface area contributed by atoms with Gasteiger partial charge in [0.15, 0.2) is 0 Å². The molecule has 0 radical (unpaired) electrons. The smallest absolute Gasteiger partial charge is 0.408 e. The molecule has 1 amide bonds. The van der Waals surface area contributed by atoms with Gasteiger partial charge in [0.25, 0.3) is 0 Å². The summed E-state index contributed by atoms with van der Waals surface area (Å²) >= 11 is 0. The molecule has 3 aromatic rings. The lowest BCUT2D eigenvalue weighted by Gasteiger charge is -2.32. The summed E-state index contributed by atoms with van der Waals surface area (Å²) in [5.74, 6) is -1.85. The maximum Gasteiger partial charge on any atom is 0.408 e. The fourth-order valence-electron chi connectivity index (χ4n) is 5.80. The van der Waals surface area contributed by atoms with Gasteiger partial charge in [-0.3, -0.25) is 14.5 Å². The maximum atomic E-state index is 14.0. The maximum absolute atomic E-state index is 14.0. The summed E-state index contributed by atoms with van der Waals surface area (Å²) < 4.78 is 21.5. The lowest BCUT2D eigenvalue weighted by molar-refractivity contribution is -0.189. The number of fused-ring (bicyclic) bond motifs is 1. The minimum atomic E-state index is -1.21. The molecule has 1 aliphatic heterocycles. The van der Waals surface area contributed by atoms with Crippen LogP contribution in [0.15, 0.2) is 66.7 Å². The molecule has 1 N–H and O–H groups in total. The number of carbonyl (C=O) groups is 4. The zero-order chi connectivity index (χ0) is 35.0. The van der Waals surface area contributed by atoms with Crippen LogP contribution < -0.4 is 10.2 Å². The Kier molecular flexibility index (Phi) is 12.0. The molecular formula is C37H47N3O8. The van der Waals surface area contributed by atoms with Gasteiger partial charge in [-0.15, -0.1) is 0 Å². The number of hydrogen-bond acceptors (Lipinski definition) is 10. The van der Waals surface area contributed by atoms with Crippen molar-refractivity contribution in [3.63, 3.8) is 0 Å². The van der Waals surface area contributed by atoms with Crippen LogP contribution in [-0.4, -0.2) is 79.2 Å². The lowest BCUT2D eigenvalue weighted by atomic mass is 9.88. The highest BCUT2D eigenvalue weighted by Crippen LogP contribution is 2.33. The first-order valence-corrected chi connectivity index (χ1v) is 16.4. The summed E-state index contributed by atoms with van der Waals surface area (Å²) in [6.45, 7) is 13.9. The van der Waals surface area contributed by atoms with Gasteiger partial charge in [0, 0.05) is 31.6 Å². The van der Waals surface area contributed by atoms with E-state index in [0.29, 0.717) is 26.4 Å². The fourth-order valence-corrected chi connectivity index (χ4v) is 5.80. The van der Waals surface area contributed by atoms with Crippen molar-refractivity contribution >= 4 is 40.5 Å². The van der Waals surface area contributed by atoms with Crippen molar-refractivity contribution in [3.8, 4) is 0 Å². The molecule has 0 aromatic heterocycles. The molecule has 0 bridgehead atoms. The van der Waals surface area contributed by atoms with Crippen molar-refractivity contribution in [2.75, 3.05) is 31.3 Å². The third-order valence-electron chi connectivity index (χ3n) is 8.04. The summed E-state index contributed by atoms with van der Waals surface area (Å²) in [7, 11) is 0. The largest absolute Gasteiger partial charge is 0.466 e. The number of carbonyl (C=O) groups excluding carboxylic acids is 4. The Morgan fingerprint density at radius 2 is 1.52 bits per heavy atom. The quantitative estimate of drug-likeness (QED) is 0.150. The molecule has 0 spiro atoms. The van der Waals surface area contributed by atoms with Crippen LogP contribution in [-0.2, 0) is 39.8 Å². The van der Waals surface area contributed by atoms with E-state index in [2.05, 4.69) is 15.1 Å². The summed E-state index contributed by atoms with van der Waals surface area (Å²) in [5.41, 5.74) is 2.09. The minimum Gasteiger partial charge on any atom is -0.466 e. The van der Waals surface area contributed by atoms with Crippen LogP contribution in [0.5, 0.6) is 0 Å². The van der Waals surface area contributed by atoms with Crippen LogP contribution in [0.3, 0.4) is 0 Å². The SMILES string of the molecule is CCOC(=O)Cc1ccc(N2CCN([C@@H](C(=O)O[C@H](C)OC(=O)[C@H](C)NC(=O)OC(C)(C)C)[C@H](C)c3cccc4ccccc34)C2)cc1. The van der Waals surface area contributed by atoms with Crippen molar-refractivity contribution in [1.29, 1.82) is 0 Å². The van der Waals surface area contributed by atoms with E-state index >= 15 is 0 Å². The number of nitrogens with one attached hydrogen (secondary N) is 1. The zero-order valence-electron chi connectivity index (χ0n) is 28.9. The first kappa shape index (κ1) is 36.2. The van der Waals surface area contributed by atoms with Gasteiger partial charge in [0.1, 0.15) is 17.7 Å². The zero-order valence-corrected chi connectivity index (χ0v) is 28.9. The van der Waals surface area contributed by atoms with Gasteiger partial charge in [-0.1, -0.05) is 61.5 Å². The van der Waals surface area contributed by atoms with Gasteiger partial charge >= 0.3 is 24.0 Å². The molecule has 4 atom stereocenters.